The van der Waals surface area contributed by atoms with Crippen LogP contribution in [0.25, 0.3) is 10.2 Å². The maximum absolute atomic E-state index is 5.96. The Kier molecular flexibility index (Phi) is 3.96. The summed E-state index contributed by atoms with van der Waals surface area (Å²) in [6.07, 6.45) is 0. The molecule has 2 aromatic heterocycles. The van der Waals surface area contributed by atoms with Crippen molar-refractivity contribution < 1.29 is 4.52 Å². The summed E-state index contributed by atoms with van der Waals surface area (Å²) in [5, 5.41) is 4.65. The summed E-state index contributed by atoms with van der Waals surface area (Å²) in [6, 6.07) is 5.74. The zero-order chi connectivity index (χ0) is 14.1. The van der Waals surface area contributed by atoms with Crippen molar-refractivity contribution in [1.82, 2.24) is 15.1 Å². The van der Waals surface area contributed by atoms with Gasteiger partial charge < -0.3 is 4.52 Å². The Morgan fingerprint density at radius 2 is 2.20 bits per heavy atom. The van der Waals surface area contributed by atoms with Gasteiger partial charge in [0.2, 0.25) is 5.89 Å². The summed E-state index contributed by atoms with van der Waals surface area (Å²) in [7, 11) is 0. The molecule has 2 heterocycles. The van der Waals surface area contributed by atoms with Gasteiger partial charge in [-0.25, -0.2) is 4.98 Å². The van der Waals surface area contributed by atoms with Gasteiger partial charge >= 0.3 is 0 Å². The number of hydrogen-bond acceptors (Lipinski definition) is 6. The molecule has 0 aliphatic carbocycles. The lowest BCUT2D eigenvalue weighted by molar-refractivity contribution is 0.383. The van der Waals surface area contributed by atoms with Crippen LogP contribution in [0.3, 0.4) is 0 Å². The second kappa shape index (κ2) is 5.71. The van der Waals surface area contributed by atoms with Crippen molar-refractivity contribution in [2.45, 2.75) is 29.9 Å². The van der Waals surface area contributed by atoms with Crippen LogP contribution in [0.1, 0.15) is 31.5 Å². The zero-order valence-corrected chi connectivity index (χ0v) is 13.3. The van der Waals surface area contributed by atoms with E-state index in [0.29, 0.717) is 16.7 Å². The lowest BCUT2D eigenvalue weighted by Gasteiger charge is -1.92. The lowest BCUT2D eigenvalue weighted by Crippen LogP contribution is -1.90. The fraction of sp³-hybridized carbons (Fsp3) is 0.308. The van der Waals surface area contributed by atoms with Gasteiger partial charge in [0.25, 0.3) is 0 Å². The number of thioether (sulfide) groups is 1. The molecule has 0 spiro atoms. The first-order valence-electron chi connectivity index (χ1n) is 6.13. The molecule has 0 saturated heterocycles. The molecule has 3 aromatic rings. The van der Waals surface area contributed by atoms with Crippen LogP contribution in [0.15, 0.2) is 27.1 Å². The van der Waals surface area contributed by atoms with E-state index in [1.807, 2.05) is 32.0 Å². The van der Waals surface area contributed by atoms with Crippen molar-refractivity contribution in [3.05, 3.63) is 34.9 Å². The van der Waals surface area contributed by atoms with E-state index in [-0.39, 0.29) is 5.92 Å². The Morgan fingerprint density at radius 3 is 2.95 bits per heavy atom. The molecule has 3 rings (SSSR count). The van der Waals surface area contributed by atoms with Crippen molar-refractivity contribution in [2.24, 2.45) is 0 Å². The highest BCUT2D eigenvalue weighted by Crippen LogP contribution is 2.32. The Hall–Kier alpha value is -1.11. The van der Waals surface area contributed by atoms with Gasteiger partial charge in [0, 0.05) is 10.9 Å². The molecule has 0 atom stereocenters. The Labute approximate surface area is 129 Å². The van der Waals surface area contributed by atoms with Crippen LogP contribution in [0.2, 0.25) is 5.02 Å². The van der Waals surface area contributed by atoms with E-state index in [0.717, 1.165) is 20.4 Å². The highest BCUT2D eigenvalue weighted by molar-refractivity contribution is 8.00. The van der Waals surface area contributed by atoms with Gasteiger partial charge in [-0.05, 0) is 18.2 Å². The largest absolute Gasteiger partial charge is 0.338 e. The molecule has 0 bridgehead atoms. The molecular formula is C13H12ClN3OS2. The Balaban J connectivity index is 1.72. The number of fused-ring (bicyclic) bond motifs is 1. The smallest absolute Gasteiger partial charge is 0.237 e. The molecule has 20 heavy (non-hydrogen) atoms. The summed E-state index contributed by atoms with van der Waals surface area (Å²) >= 11 is 9.20. The second-order valence-corrected chi connectivity index (χ2v) is 7.27. The minimum atomic E-state index is 0.280. The monoisotopic (exact) mass is 325 g/mol. The van der Waals surface area contributed by atoms with Crippen molar-refractivity contribution in [1.29, 1.82) is 0 Å². The van der Waals surface area contributed by atoms with E-state index in [2.05, 4.69) is 15.1 Å². The summed E-state index contributed by atoms with van der Waals surface area (Å²) in [4.78, 5) is 8.89. The molecule has 0 aliphatic rings. The third-order valence-corrected chi connectivity index (χ3v) is 5.05. The molecule has 104 valence electrons. The topological polar surface area (TPSA) is 51.8 Å². The maximum Gasteiger partial charge on any atom is 0.237 e. The number of rotatable bonds is 4. The molecule has 0 unspecified atom stereocenters. The van der Waals surface area contributed by atoms with Crippen LogP contribution < -0.4 is 0 Å². The van der Waals surface area contributed by atoms with Crippen molar-refractivity contribution in [3.8, 4) is 0 Å². The number of hydrogen-bond donors (Lipinski definition) is 0. The van der Waals surface area contributed by atoms with E-state index < -0.39 is 0 Å². The molecule has 0 saturated carbocycles. The summed E-state index contributed by atoms with van der Waals surface area (Å²) < 4.78 is 7.32. The fourth-order valence-corrected chi connectivity index (χ4v) is 3.68. The molecular weight excluding hydrogens is 314 g/mol. The number of aromatic nitrogens is 3. The molecule has 0 radical (unpaired) electrons. The third-order valence-electron chi connectivity index (χ3n) is 2.65. The first-order valence-corrected chi connectivity index (χ1v) is 8.31. The van der Waals surface area contributed by atoms with Gasteiger partial charge in [0.15, 0.2) is 10.2 Å². The predicted octanol–water partition coefficient (Wildman–Crippen LogP) is 4.75. The molecule has 4 nitrogen and oxygen atoms in total. The quantitative estimate of drug-likeness (QED) is 0.648. The average Bonchev–Trinajstić information content (AvgIpc) is 3.01. The van der Waals surface area contributed by atoms with Gasteiger partial charge in [-0.2, -0.15) is 4.98 Å². The van der Waals surface area contributed by atoms with Crippen LogP contribution in [0.5, 0.6) is 0 Å². The molecule has 7 heteroatoms. The van der Waals surface area contributed by atoms with E-state index in [1.54, 1.807) is 23.1 Å². The number of nitrogens with zero attached hydrogens (tertiary/aromatic N) is 3. The highest BCUT2D eigenvalue weighted by atomic mass is 35.5. The van der Waals surface area contributed by atoms with E-state index in [4.69, 9.17) is 16.1 Å². The number of benzene rings is 1. The molecule has 0 aliphatic heterocycles. The normalized spacial score (nSPS) is 11.6. The van der Waals surface area contributed by atoms with Crippen LogP contribution in [0.4, 0.5) is 0 Å². The first kappa shape index (κ1) is 13.9. The summed E-state index contributed by atoms with van der Waals surface area (Å²) in [5.41, 5.74) is 0.929. The van der Waals surface area contributed by atoms with E-state index >= 15 is 0 Å². The highest BCUT2D eigenvalue weighted by Gasteiger charge is 2.11. The SMILES string of the molecule is CC(C)c1noc(CSc2nc3cc(Cl)ccc3s2)n1. The fourth-order valence-electron chi connectivity index (χ4n) is 1.63. The first-order chi connectivity index (χ1) is 9.61. The van der Waals surface area contributed by atoms with Crippen molar-refractivity contribution in [2.75, 3.05) is 0 Å². The standard InChI is InChI=1S/C13H12ClN3OS2/c1-7(2)12-16-11(18-17-12)6-19-13-15-9-5-8(14)3-4-10(9)20-13/h3-5,7H,6H2,1-2H3. The zero-order valence-electron chi connectivity index (χ0n) is 11.0. The second-order valence-electron chi connectivity index (χ2n) is 4.58. The third kappa shape index (κ3) is 2.97. The lowest BCUT2D eigenvalue weighted by atomic mass is 10.2. The van der Waals surface area contributed by atoms with Gasteiger partial charge in [-0.3, -0.25) is 0 Å². The molecule has 0 N–H and O–H groups in total. The van der Waals surface area contributed by atoms with Gasteiger partial charge in [0.05, 0.1) is 16.0 Å². The summed E-state index contributed by atoms with van der Waals surface area (Å²) in [5.74, 6) is 2.29. The minimum absolute atomic E-state index is 0.280. The Bertz CT molecular complexity index is 738. The predicted molar refractivity (Wildman–Crippen MR) is 82.6 cm³/mol. The van der Waals surface area contributed by atoms with Crippen LogP contribution in [-0.4, -0.2) is 15.1 Å². The van der Waals surface area contributed by atoms with Crippen molar-refractivity contribution >= 4 is 44.9 Å². The van der Waals surface area contributed by atoms with E-state index in [9.17, 15) is 0 Å². The summed E-state index contributed by atoms with van der Waals surface area (Å²) in [6.45, 7) is 4.08. The van der Waals surface area contributed by atoms with Gasteiger partial charge in [0.1, 0.15) is 0 Å². The Morgan fingerprint density at radius 1 is 1.35 bits per heavy atom. The van der Waals surface area contributed by atoms with E-state index in [1.165, 1.54) is 0 Å². The molecule has 0 fully saturated rings. The number of thiazole rings is 1. The van der Waals surface area contributed by atoms with Crippen molar-refractivity contribution in [3.63, 3.8) is 0 Å². The van der Waals surface area contributed by atoms with Crippen LogP contribution in [-0.2, 0) is 5.75 Å². The maximum atomic E-state index is 5.96. The van der Waals surface area contributed by atoms with Crippen LogP contribution in [0, 0.1) is 0 Å². The van der Waals surface area contributed by atoms with Gasteiger partial charge in [-0.1, -0.05) is 42.4 Å². The van der Waals surface area contributed by atoms with Crippen LogP contribution >= 0.6 is 34.7 Å². The molecule has 0 amide bonds. The minimum Gasteiger partial charge on any atom is -0.338 e. The number of halogens is 1. The van der Waals surface area contributed by atoms with Gasteiger partial charge in [-0.15, -0.1) is 11.3 Å². The average molecular weight is 326 g/mol. The molecule has 1 aromatic carbocycles.